The van der Waals surface area contributed by atoms with Crippen LogP contribution in [0.4, 0.5) is 11.4 Å². The molecule has 0 aliphatic rings. The van der Waals surface area contributed by atoms with Crippen molar-refractivity contribution in [1.29, 1.82) is 0 Å². The molecule has 0 heterocycles. The number of benzene rings is 3. The van der Waals surface area contributed by atoms with E-state index >= 15 is 0 Å². The van der Waals surface area contributed by atoms with Gasteiger partial charge in [0.2, 0.25) is 0 Å². The number of hydrazone groups is 1. The second kappa shape index (κ2) is 9.14. The van der Waals surface area contributed by atoms with Gasteiger partial charge in [-0.3, -0.25) is 15.5 Å². The highest BCUT2D eigenvalue weighted by atomic mass is 16.6. The van der Waals surface area contributed by atoms with Crippen LogP contribution in [-0.4, -0.2) is 24.2 Å². The third-order valence-corrected chi connectivity index (χ3v) is 3.89. The van der Waals surface area contributed by atoms with E-state index in [2.05, 4.69) is 10.5 Å². The Morgan fingerprint density at radius 1 is 1.03 bits per heavy atom. The van der Waals surface area contributed by atoms with Crippen LogP contribution in [0.1, 0.15) is 15.9 Å². The van der Waals surface area contributed by atoms with Crippen LogP contribution in [0, 0.1) is 10.1 Å². The van der Waals surface area contributed by atoms with Gasteiger partial charge in [0.05, 0.1) is 23.9 Å². The predicted molar refractivity (Wildman–Crippen MR) is 109 cm³/mol. The fourth-order valence-electron chi connectivity index (χ4n) is 2.48. The number of anilines is 1. The minimum absolute atomic E-state index is 0.0455. The molecular weight excluding hydrogens is 374 g/mol. The molecule has 0 saturated heterocycles. The van der Waals surface area contributed by atoms with Crippen LogP contribution in [0.5, 0.6) is 11.5 Å². The maximum atomic E-state index is 12.1. The number of methoxy groups -OCH3 is 1. The van der Waals surface area contributed by atoms with Crippen LogP contribution in [-0.2, 0) is 4.74 Å². The molecule has 0 saturated carbocycles. The number of para-hydroxylation sites is 2. The summed E-state index contributed by atoms with van der Waals surface area (Å²) in [5.41, 5.74) is 4.09. The van der Waals surface area contributed by atoms with Crippen molar-refractivity contribution in [2.45, 2.75) is 0 Å². The van der Waals surface area contributed by atoms with E-state index in [1.54, 1.807) is 24.4 Å². The van der Waals surface area contributed by atoms with Crippen LogP contribution >= 0.6 is 0 Å². The normalized spacial score (nSPS) is 10.5. The van der Waals surface area contributed by atoms with Crippen molar-refractivity contribution in [2.75, 3.05) is 12.5 Å². The average molecular weight is 391 g/mol. The number of nitrogens with zero attached hydrogens (tertiary/aromatic N) is 2. The van der Waals surface area contributed by atoms with Gasteiger partial charge < -0.3 is 9.47 Å². The summed E-state index contributed by atoms with van der Waals surface area (Å²) in [5, 5.41) is 15.2. The fraction of sp³-hybridized carbons (Fsp3) is 0.0476. The number of nitro benzene ring substituents is 1. The molecule has 8 heteroatoms. The first-order valence-corrected chi connectivity index (χ1v) is 8.56. The monoisotopic (exact) mass is 391 g/mol. The van der Waals surface area contributed by atoms with E-state index in [-0.39, 0.29) is 17.0 Å². The number of rotatable bonds is 7. The first-order chi connectivity index (χ1) is 14.1. The molecule has 29 heavy (non-hydrogen) atoms. The Hall–Kier alpha value is -4.20. The van der Waals surface area contributed by atoms with Crippen molar-refractivity contribution in [2.24, 2.45) is 5.10 Å². The van der Waals surface area contributed by atoms with Gasteiger partial charge >= 0.3 is 5.97 Å². The summed E-state index contributed by atoms with van der Waals surface area (Å²) >= 11 is 0. The summed E-state index contributed by atoms with van der Waals surface area (Å²) in [5.74, 6) is -0.176. The Balaban J connectivity index is 1.87. The minimum Gasteiger partial charge on any atom is -0.465 e. The molecule has 0 atom stereocenters. The Labute approximate surface area is 166 Å². The molecule has 3 rings (SSSR count). The van der Waals surface area contributed by atoms with Gasteiger partial charge in [-0.1, -0.05) is 30.3 Å². The third-order valence-electron chi connectivity index (χ3n) is 3.89. The summed E-state index contributed by atoms with van der Waals surface area (Å²) < 4.78 is 10.6. The lowest BCUT2D eigenvalue weighted by Crippen LogP contribution is -2.05. The number of non-ortho nitro benzene ring substituents is 1. The Bertz CT molecular complexity index is 1050. The van der Waals surface area contributed by atoms with Gasteiger partial charge in [-0.25, -0.2) is 4.79 Å². The van der Waals surface area contributed by atoms with Gasteiger partial charge in [0.15, 0.2) is 0 Å². The largest absolute Gasteiger partial charge is 0.465 e. The molecule has 3 aromatic rings. The van der Waals surface area contributed by atoms with Gasteiger partial charge in [0, 0.05) is 17.7 Å². The van der Waals surface area contributed by atoms with Crippen LogP contribution in [0.2, 0.25) is 0 Å². The zero-order chi connectivity index (χ0) is 20.6. The number of carbonyl (C=O) groups excluding carboxylic acids is 1. The molecule has 0 radical (unpaired) electrons. The molecule has 8 nitrogen and oxygen atoms in total. The summed E-state index contributed by atoms with van der Waals surface area (Å²) in [7, 11) is 1.20. The van der Waals surface area contributed by atoms with E-state index in [0.717, 1.165) is 11.8 Å². The Morgan fingerprint density at radius 2 is 1.76 bits per heavy atom. The van der Waals surface area contributed by atoms with Crippen molar-refractivity contribution in [3.63, 3.8) is 0 Å². The first-order valence-electron chi connectivity index (χ1n) is 8.56. The van der Waals surface area contributed by atoms with Crippen LogP contribution < -0.4 is 10.2 Å². The van der Waals surface area contributed by atoms with Crippen molar-refractivity contribution in [3.05, 3.63) is 94.0 Å². The second-order valence-electron chi connectivity index (χ2n) is 5.81. The fourth-order valence-corrected chi connectivity index (χ4v) is 2.48. The standard InChI is InChI=1S/C21H17N3O5/c1-28-21(25)18-13-17(24(26)27)11-12-20(18)29-19-10-6-5-7-15(19)14-22-23-16-8-3-2-4-9-16/h2-14,23H,1H3. The molecule has 0 bridgehead atoms. The van der Waals surface area contributed by atoms with E-state index in [1.807, 2.05) is 36.4 Å². The van der Waals surface area contributed by atoms with Gasteiger partial charge in [0.1, 0.15) is 17.1 Å². The number of nitro groups is 1. The van der Waals surface area contributed by atoms with Crippen molar-refractivity contribution < 1.29 is 19.2 Å². The lowest BCUT2D eigenvalue weighted by atomic mass is 10.1. The molecule has 146 valence electrons. The highest BCUT2D eigenvalue weighted by Crippen LogP contribution is 2.30. The van der Waals surface area contributed by atoms with Gasteiger partial charge in [0.25, 0.3) is 5.69 Å². The number of carbonyl (C=O) groups is 1. The Morgan fingerprint density at radius 3 is 2.48 bits per heavy atom. The molecule has 3 aromatic carbocycles. The SMILES string of the molecule is COC(=O)c1cc([N+](=O)[O-])ccc1Oc1ccccc1C=NNc1ccccc1. The maximum absolute atomic E-state index is 12.1. The van der Waals surface area contributed by atoms with Crippen LogP contribution in [0.15, 0.2) is 77.9 Å². The van der Waals surface area contributed by atoms with Crippen LogP contribution in [0.25, 0.3) is 0 Å². The number of hydrogen-bond acceptors (Lipinski definition) is 7. The molecule has 0 aliphatic carbocycles. The summed E-state index contributed by atoms with van der Waals surface area (Å²) in [6, 6.07) is 20.2. The topological polar surface area (TPSA) is 103 Å². The van der Waals surface area contributed by atoms with Crippen molar-refractivity contribution in [1.82, 2.24) is 0 Å². The molecule has 0 unspecified atom stereocenters. The minimum atomic E-state index is -0.736. The van der Waals surface area contributed by atoms with E-state index in [1.165, 1.54) is 19.2 Å². The van der Waals surface area contributed by atoms with Crippen molar-refractivity contribution >= 4 is 23.6 Å². The molecule has 0 aliphatic heterocycles. The highest BCUT2D eigenvalue weighted by molar-refractivity contribution is 5.93. The molecule has 0 spiro atoms. The zero-order valence-corrected chi connectivity index (χ0v) is 15.4. The molecule has 0 amide bonds. The number of esters is 1. The van der Waals surface area contributed by atoms with Gasteiger partial charge in [-0.2, -0.15) is 5.10 Å². The summed E-state index contributed by atoms with van der Waals surface area (Å²) in [6.45, 7) is 0. The molecule has 1 N–H and O–H groups in total. The predicted octanol–water partition coefficient (Wildman–Crippen LogP) is 4.62. The van der Waals surface area contributed by atoms with E-state index in [9.17, 15) is 14.9 Å². The lowest BCUT2D eigenvalue weighted by molar-refractivity contribution is -0.384. The quantitative estimate of drug-likeness (QED) is 0.273. The van der Waals surface area contributed by atoms with Crippen molar-refractivity contribution in [3.8, 4) is 11.5 Å². The number of nitrogens with one attached hydrogen (secondary N) is 1. The summed E-state index contributed by atoms with van der Waals surface area (Å²) in [6.07, 6.45) is 1.57. The lowest BCUT2D eigenvalue weighted by Gasteiger charge is -2.11. The van der Waals surface area contributed by atoms with Gasteiger partial charge in [-0.05, 0) is 30.3 Å². The zero-order valence-electron chi connectivity index (χ0n) is 15.4. The summed E-state index contributed by atoms with van der Waals surface area (Å²) in [4.78, 5) is 22.5. The molecule has 0 fully saturated rings. The Kier molecular flexibility index (Phi) is 6.16. The molecular formula is C21H17N3O5. The average Bonchev–Trinajstić information content (AvgIpc) is 2.75. The second-order valence-corrected chi connectivity index (χ2v) is 5.81. The van der Waals surface area contributed by atoms with E-state index in [0.29, 0.717) is 11.3 Å². The highest BCUT2D eigenvalue weighted by Gasteiger charge is 2.19. The third kappa shape index (κ3) is 4.95. The number of hydrogen-bond donors (Lipinski definition) is 1. The maximum Gasteiger partial charge on any atom is 0.341 e. The van der Waals surface area contributed by atoms with E-state index < -0.39 is 10.9 Å². The van der Waals surface area contributed by atoms with E-state index in [4.69, 9.17) is 9.47 Å². The van der Waals surface area contributed by atoms with Crippen LogP contribution in [0.3, 0.4) is 0 Å². The first kappa shape index (κ1) is 19.6. The molecule has 0 aromatic heterocycles. The number of ether oxygens (including phenoxy) is 2. The van der Waals surface area contributed by atoms with Gasteiger partial charge in [-0.15, -0.1) is 0 Å². The smallest absolute Gasteiger partial charge is 0.341 e.